The van der Waals surface area contributed by atoms with Gasteiger partial charge in [-0.05, 0) is 43.3 Å². The van der Waals surface area contributed by atoms with Crippen LogP contribution in [0.15, 0.2) is 64.8 Å². The number of benzene rings is 2. The van der Waals surface area contributed by atoms with Gasteiger partial charge in [-0.25, -0.2) is 4.57 Å². The van der Waals surface area contributed by atoms with Crippen molar-refractivity contribution < 1.29 is 21.5 Å². The van der Waals surface area contributed by atoms with E-state index in [1.165, 1.54) is 16.1 Å². The molecule has 144 valence electrons. The first-order valence-electron chi connectivity index (χ1n) is 9.16. The van der Waals surface area contributed by atoms with Crippen molar-refractivity contribution in [3.05, 3.63) is 65.2 Å². The average Bonchev–Trinajstić information content (AvgIpc) is 3.15. The fourth-order valence-corrected chi connectivity index (χ4v) is 4.36. The van der Waals surface area contributed by atoms with Crippen molar-refractivity contribution in [1.82, 2.24) is 4.57 Å². The third-order valence-electron chi connectivity index (χ3n) is 5.09. The summed E-state index contributed by atoms with van der Waals surface area (Å²) in [5.41, 5.74) is 5.63. The average molecular weight is 455 g/mol. The van der Waals surface area contributed by atoms with Crippen LogP contribution in [0.4, 0.5) is 10.8 Å². The molecular formula is C22H23BrN4S. The van der Waals surface area contributed by atoms with Crippen molar-refractivity contribution in [2.24, 2.45) is 17.3 Å². The van der Waals surface area contributed by atoms with Gasteiger partial charge < -0.3 is 21.5 Å². The Hall–Kier alpha value is -2.31. The number of para-hydroxylation sites is 1. The van der Waals surface area contributed by atoms with Crippen molar-refractivity contribution in [3.8, 4) is 11.3 Å². The number of thiazole rings is 1. The number of aryl methyl sites for hydroxylation is 2. The molecule has 0 radical (unpaired) electrons. The van der Waals surface area contributed by atoms with E-state index in [2.05, 4.69) is 83.6 Å². The Morgan fingerprint density at radius 3 is 2.29 bits per heavy atom. The van der Waals surface area contributed by atoms with Gasteiger partial charge in [-0.15, -0.1) is 0 Å². The number of aromatic nitrogens is 2. The highest BCUT2D eigenvalue weighted by Crippen LogP contribution is 2.41. The molecule has 0 saturated heterocycles. The normalized spacial score (nSPS) is 11.3. The van der Waals surface area contributed by atoms with E-state index in [0.29, 0.717) is 0 Å². The van der Waals surface area contributed by atoms with E-state index in [0.717, 1.165) is 34.0 Å². The van der Waals surface area contributed by atoms with E-state index < -0.39 is 0 Å². The zero-order valence-electron chi connectivity index (χ0n) is 16.5. The molecule has 0 spiro atoms. The second-order valence-electron chi connectivity index (χ2n) is 6.61. The van der Waals surface area contributed by atoms with E-state index in [9.17, 15) is 0 Å². The minimum Gasteiger partial charge on any atom is -1.00 e. The lowest BCUT2D eigenvalue weighted by molar-refractivity contribution is -0.660. The predicted octanol–water partition coefficient (Wildman–Crippen LogP) is 3.25. The molecule has 0 atom stereocenters. The number of hydrogen-bond donors (Lipinski definition) is 0. The summed E-state index contributed by atoms with van der Waals surface area (Å²) in [7, 11) is 2.04. The number of hydrogen-bond acceptors (Lipinski definition) is 3. The quantitative estimate of drug-likeness (QED) is 0.335. The van der Waals surface area contributed by atoms with Gasteiger partial charge in [0.2, 0.25) is 0 Å². The number of rotatable bonds is 4. The van der Waals surface area contributed by atoms with Crippen LogP contribution in [-0.4, -0.2) is 4.57 Å². The van der Waals surface area contributed by atoms with Gasteiger partial charge in [0.1, 0.15) is 11.4 Å². The maximum atomic E-state index is 4.76. The minimum absolute atomic E-state index is 0. The van der Waals surface area contributed by atoms with Crippen molar-refractivity contribution in [1.29, 1.82) is 0 Å². The van der Waals surface area contributed by atoms with Crippen LogP contribution in [0.5, 0.6) is 0 Å². The molecule has 2 aromatic heterocycles. The highest BCUT2D eigenvalue weighted by molar-refractivity contribution is 7.14. The van der Waals surface area contributed by atoms with Crippen LogP contribution in [0.3, 0.4) is 0 Å². The Bertz CT molecular complexity index is 1140. The van der Waals surface area contributed by atoms with Crippen LogP contribution >= 0.6 is 11.3 Å². The minimum atomic E-state index is 0. The smallest absolute Gasteiger partial charge is 0.408 e. The van der Waals surface area contributed by atoms with Crippen molar-refractivity contribution in [2.45, 2.75) is 27.3 Å². The first-order valence-corrected chi connectivity index (χ1v) is 9.97. The summed E-state index contributed by atoms with van der Waals surface area (Å²) >= 11 is 1.68. The van der Waals surface area contributed by atoms with Gasteiger partial charge in [0.05, 0.1) is 28.2 Å². The van der Waals surface area contributed by atoms with Crippen molar-refractivity contribution in [2.75, 3.05) is 0 Å². The zero-order valence-corrected chi connectivity index (χ0v) is 18.9. The van der Waals surface area contributed by atoms with E-state index in [-0.39, 0.29) is 17.0 Å². The molecule has 4 nitrogen and oxygen atoms in total. The fourth-order valence-electron chi connectivity index (χ4n) is 3.44. The summed E-state index contributed by atoms with van der Waals surface area (Å²) in [5.74, 6) is 0. The summed E-state index contributed by atoms with van der Waals surface area (Å²) in [5, 5.41) is 11.4. The van der Waals surface area contributed by atoms with Crippen molar-refractivity contribution >= 4 is 33.1 Å². The van der Waals surface area contributed by atoms with Gasteiger partial charge in [-0.3, -0.25) is 0 Å². The van der Waals surface area contributed by atoms with Crippen LogP contribution in [0.2, 0.25) is 0 Å². The monoisotopic (exact) mass is 454 g/mol. The maximum absolute atomic E-state index is 4.76. The van der Waals surface area contributed by atoms with Crippen LogP contribution in [0.25, 0.3) is 22.2 Å². The summed E-state index contributed by atoms with van der Waals surface area (Å²) in [4.78, 5) is 1.27. The first kappa shape index (κ1) is 20.4. The van der Waals surface area contributed by atoms with Crippen LogP contribution < -0.4 is 21.5 Å². The molecule has 0 bridgehead atoms. The molecule has 0 fully saturated rings. The lowest BCUT2D eigenvalue weighted by Gasteiger charge is -2.08. The number of azo groups is 1. The van der Waals surface area contributed by atoms with Crippen LogP contribution in [0.1, 0.15) is 17.5 Å². The van der Waals surface area contributed by atoms with E-state index in [4.69, 9.17) is 5.11 Å². The van der Waals surface area contributed by atoms with Gasteiger partial charge in [-0.1, -0.05) is 48.5 Å². The standard InChI is InChI=1S/C22H23N4S.BrH/c1-5-26-19-14-10-9-13-18(19)20(21(26)17-11-7-6-8-12-17)23-24-22-25(4)15(2)16(3)27-22;/h6-14H,5H2,1-4H3;1H/q+1;/p-1. The summed E-state index contributed by atoms with van der Waals surface area (Å²) in [6, 6.07) is 18.9. The fraction of sp³-hybridized carbons (Fsp3) is 0.227. The maximum Gasteiger partial charge on any atom is 0.408 e. The number of fused-ring (bicyclic) bond motifs is 1. The second-order valence-corrected chi connectivity index (χ2v) is 7.79. The molecule has 0 saturated carbocycles. The molecule has 0 N–H and O–H groups in total. The molecule has 2 aromatic carbocycles. The van der Waals surface area contributed by atoms with Gasteiger partial charge in [0, 0.05) is 17.5 Å². The van der Waals surface area contributed by atoms with E-state index in [1.54, 1.807) is 11.3 Å². The highest BCUT2D eigenvalue weighted by atomic mass is 79.9. The first-order chi connectivity index (χ1) is 13.1. The largest absolute Gasteiger partial charge is 1.00 e. The molecule has 0 aliphatic heterocycles. The second kappa shape index (κ2) is 8.37. The SMILES string of the molecule is CCn1c(-c2ccccc2)c(/N=N/c2sc(C)c(C)[n+]2C)c2ccccc21.[Br-]. The zero-order chi connectivity index (χ0) is 19.0. The third kappa shape index (κ3) is 3.42. The molecular weight excluding hydrogens is 432 g/mol. The number of nitrogens with zero attached hydrogens (tertiary/aromatic N) is 4. The molecule has 4 rings (SSSR count). The molecule has 6 heteroatoms. The van der Waals surface area contributed by atoms with E-state index in [1.807, 2.05) is 13.1 Å². The molecule has 0 unspecified atom stereocenters. The Morgan fingerprint density at radius 1 is 0.964 bits per heavy atom. The Balaban J connectivity index is 0.00000225. The Morgan fingerprint density at radius 2 is 1.64 bits per heavy atom. The van der Waals surface area contributed by atoms with Gasteiger partial charge in [-0.2, -0.15) is 0 Å². The highest BCUT2D eigenvalue weighted by Gasteiger charge is 2.21. The lowest BCUT2D eigenvalue weighted by atomic mass is 10.1. The van der Waals surface area contributed by atoms with E-state index >= 15 is 0 Å². The summed E-state index contributed by atoms with van der Waals surface area (Å²) in [6.07, 6.45) is 0. The molecule has 2 heterocycles. The molecule has 0 aliphatic rings. The van der Waals surface area contributed by atoms with Crippen LogP contribution in [-0.2, 0) is 13.6 Å². The van der Waals surface area contributed by atoms with Gasteiger partial charge in [0.25, 0.3) is 0 Å². The van der Waals surface area contributed by atoms with Gasteiger partial charge in [0.15, 0.2) is 0 Å². The summed E-state index contributed by atoms with van der Waals surface area (Å²) < 4.78 is 4.43. The number of halogens is 1. The van der Waals surface area contributed by atoms with Crippen LogP contribution in [0, 0.1) is 13.8 Å². The molecule has 0 aliphatic carbocycles. The Kier molecular flexibility index (Phi) is 6.10. The topological polar surface area (TPSA) is 33.5 Å². The molecule has 0 amide bonds. The predicted molar refractivity (Wildman–Crippen MR) is 112 cm³/mol. The van der Waals surface area contributed by atoms with Crippen molar-refractivity contribution in [3.63, 3.8) is 0 Å². The molecule has 4 aromatic rings. The van der Waals surface area contributed by atoms with Gasteiger partial charge >= 0.3 is 5.13 Å². The molecule has 28 heavy (non-hydrogen) atoms. The summed E-state index contributed by atoms with van der Waals surface area (Å²) in [6.45, 7) is 7.29. The Labute approximate surface area is 180 Å². The lowest BCUT2D eigenvalue weighted by Crippen LogP contribution is -3.00. The third-order valence-corrected chi connectivity index (χ3v) is 6.23.